The number of piperazine rings is 1. The Kier molecular flexibility index (Phi) is 3.24. The summed E-state index contributed by atoms with van der Waals surface area (Å²) in [5.74, 6) is 0. The van der Waals surface area contributed by atoms with Gasteiger partial charge in [-0.1, -0.05) is 0 Å². The maximum atomic E-state index is 9.79. The quantitative estimate of drug-likeness (QED) is 0.900. The van der Waals surface area contributed by atoms with Gasteiger partial charge in [0.25, 0.3) is 0 Å². The molecule has 1 aromatic carbocycles. The van der Waals surface area contributed by atoms with Gasteiger partial charge in [-0.2, -0.15) is 0 Å². The molecule has 1 saturated heterocycles. The van der Waals surface area contributed by atoms with Gasteiger partial charge in [-0.05, 0) is 31.0 Å². The molecule has 110 valence electrons. The second-order valence-electron chi connectivity index (χ2n) is 6.00. The van der Waals surface area contributed by atoms with Crippen LogP contribution in [0.25, 0.3) is 10.9 Å². The highest BCUT2D eigenvalue weighted by Gasteiger charge is 2.35. The van der Waals surface area contributed by atoms with E-state index in [1.165, 1.54) is 5.69 Å². The van der Waals surface area contributed by atoms with Crippen LogP contribution >= 0.6 is 0 Å². The Bertz CT molecular complexity index is 639. The van der Waals surface area contributed by atoms with E-state index < -0.39 is 0 Å². The molecule has 0 spiro atoms. The zero-order valence-electron chi connectivity index (χ0n) is 12.0. The van der Waals surface area contributed by atoms with Crippen LogP contribution in [0.4, 0.5) is 5.69 Å². The second kappa shape index (κ2) is 5.24. The zero-order valence-corrected chi connectivity index (χ0v) is 12.0. The first kappa shape index (κ1) is 13.0. The van der Waals surface area contributed by atoms with Crippen LogP contribution in [-0.2, 0) is 0 Å². The van der Waals surface area contributed by atoms with E-state index in [4.69, 9.17) is 0 Å². The van der Waals surface area contributed by atoms with E-state index in [2.05, 4.69) is 38.0 Å². The Morgan fingerprint density at radius 2 is 1.95 bits per heavy atom. The number of hydrogen-bond acceptors (Lipinski definition) is 5. The smallest absolute Gasteiger partial charge is 0.116 e. The van der Waals surface area contributed by atoms with Gasteiger partial charge in [-0.15, -0.1) is 0 Å². The van der Waals surface area contributed by atoms with Gasteiger partial charge in [0.05, 0.1) is 11.6 Å². The van der Waals surface area contributed by atoms with Crippen molar-refractivity contribution in [2.45, 2.75) is 25.0 Å². The van der Waals surface area contributed by atoms with Crippen molar-refractivity contribution in [1.82, 2.24) is 14.9 Å². The van der Waals surface area contributed by atoms with E-state index in [0.29, 0.717) is 6.04 Å². The number of fused-ring (bicyclic) bond motifs is 1. The minimum absolute atomic E-state index is 0.102. The third-order valence-electron chi connectivity index (χ3n) is 4.84. The van der Waals surface area contributed by atoms with Gasteiger partial charge < -0.3 is 10.0 Å². The lowest BCUT2D eigenvalue weighted by molar-refractivity contribution is -0.0229. The maximum absolute atomic E-state index is 9.79. The molecule has 0 amide bonds. The molecule has 2 aliphatic rings. The molecule has 4 rings (SSSR count). The maximum Gasteiger partial charge on any atom is 0.116 e. The van der Waals surface area contributed by atoms with Crippen molar-refractivity contribution in [1.29, 1.82) is 0 Å². The normalized spacial score (nSPS) is 26.8. The lowest BCUT2D eigenvalue weighted by Crippen LogP contribution is -2.57. The molecule has 2 aromatic rings. The van der Waals surface area contributed by atoms with Crippen molar-refractivity contribution in [2.75, 3.05) is 31.1 Å². The molecule has 1 N–H and O–H groups in total. The van der Waals surface area contributed by atoms with Crippen LogP contribution in [0, 0.1) is 0 Å². The Hall–Kier alpha value is -1.72. The molecule has 21 heavy (non-hydrogen) atoms. The molecular weight excluding hydrogens is 264 g/mol. The molecule has 5 heteroatoms. The largest absolute Gasteiger partial charge is 0.391 e. The molecule has 2 unspecified atom stereocenters. The van der Waals surface area contributed by atoms with Crippen molar-refractivity contribution < 1.29 is 5.11 Å². The van der Waals surface area contributed by atoms with E-state index >= 15 is 0 Å². The molecule has 2 heterocycles. The summed E-state index contributed by atoms with van der Waals surface area (Å²) in [6.07, 6.45) is 5.47. The summed E-state index contributed by atoms with van der Waals surface area (Å²) in [5.41, 5.74) is 2.23. The number of hydrogen-bond donors (Lipinski definition) is 1. The highest BCUT2D eigenvalue weighted by atomic mass is 16.3. The van der Waals surface area contributed by atoms with Gasteiger partial charge in [-0.25, -0.2) is 9.97 Å². The predicted octanol–water partition coefficient (Wildman–Crippen LogP) is 1.28. The average molecular weight is 284 g/mol. The van der Waals surface area contributed by atoms with Gasteiger partial charge in [0, 0.05) is 49.5 Å². The highest BCUT2D eigenvalue weighted by molar-refractivity contribution is 5.81. The Morgan fingerprint density at radius 1 is 1.10 bits per heavy atom. The van der Waals surface area contributed by atoms with Crippen LogP contribution in [0.2, 0.25) is 0 Å². The second-order valence-corrected chi connectivity index (χ2v) is 6.00. The average Bonchev–Trinajstić information content (AvgIpc) is 2.54. The molecule has 1 aromatic heterocycles. The van der Waals surface area contributed by atoms with Crippen LogP contribution in [0.5, 0.6) is 0 Å². The van der Waals surface area contributed by atoms with E-state index in [1.54, 1.807) is 6.33 Å². The summed E-state index contributed by atoms with van der Waals surface area (Å²) in [5, 5.41) is 10.9. The molecule has 0 bridgehead atoms. The lowest BCUT2D eigenvalue weighted by Gasteiger charge is -2.46. The topological polar surface area (TPSA) is 52.5 Å². The van der Waals surface area contributed by atoms with Crippen LogP contribution in [0.3, 0.4) is 0 Å². The lowest BCUT2D eigenvalue weighted by atomic mass is 9.87. The van der Waals surface area contributed by atoms with Crippen molar-refractivity contribution in [2.24, 2.45) is 0 Å². The fourth-order valence-corrected chi connectivity index (χ4v) is 3.37. The molecule has 0 radical (unpaired) electrons. The number of nitrogens with zero attached hydrogens (tertiary/aromatic N) is 4. The third kappa shape index (κ3) is 2.36. The summed E-state index contributed by atoms with van der Waals surface area (Å²) < 4.78 is 0. The monoisotopic (exact) mass is 284 g/mol. The third-order valence-corrected chi connectivity index (χ3v) is 4.84. The van der Waals surface area contributed by atoms with Crippen LogP contribution in [0.15, 0.2) is 30.7 Å². The summed E-state index contributed by atoms with van der Waals surface area (Å²) in [6.45, 7) is 4.10. The number of aliphatic hydroxyl groups excluding tert-OH is 1. The summed E-state index contributed by atoms with van der Waals surface area (Å²) in [4.78, 5) is 13.2. The Balaban J connectivity index is 1.47. The number of rotatable bonds is 2. The Morgan fingerprint density at radius 3 is 2.67 bits per heavy atom. The first-order valence-electron chi connectivity index (χ1n) is 7.68. The zero-order chi connectivity index (χ0) is 14.2. The Labute approximate surface area is 124 Å². The SMILES string of the molecule is OC1CCC1N1CCN(c2ccc3ncncc3c2)CC1. The van der Waals surface area contributed by atoms with Crippen molar-refractivity contribution in [3.8, 4) is 0 Å². The van der Waals surface area contributed by atoms with Gasteiger partial charge >= 0.3 is 0 Å². The number of aliphatic hydroxyl groups is 1. The fourth-order valence-electron chi connectivity index (χ4n) is 3.37. The van der Waals surface area contributed by atoms with Crippen molar-refractivity contribution in [3.63, 3.8) is 0 Å². The fraction of sp³-hybridized carbons (Fsp3) is 0.500. The van der Waals surface area contributed by atoms with E-state index in [9.17, 15) is 5.11 Å². The number of aromatic nitrogens is 2. The molecular formula is C16H20N4O. The minimum atomic E-state index is -0.102. The van der Waals surface area contributed by atoms with Gasteiger partial charge in [0.1, 0.15) is 6.33 Å². The summed E-state index contributed by atoms with van der Waals surface area (Å²) >= 11 is 0. The molecule has 2 atom stereocenters. The van der Waals surface area contributed by atoms with Crippen LogP contribution in [0.1, 0.15) is 12.8 Å². The minimum Gasteiger partial charge on any atom is -0.391 e. The van der Waals surface area contributed by atoms with Gasteiger partial charge in [0.2, 0.25) is 0 Å². The molecule has 1 saturated carbocycles. The van der Waals surface area contributed by atoms with E-state index in [-0.39, 0.29) is 6.10 Å². The van der Waals surface area contributed by atoms with Crippen molar-refractivity contribution >= 4 is 16.6 Å². The first-order valence-corrected chi connectivity index (χ1v) is 7.68. The van der Waals surface area contributed by atoms with Gasteiger partial charge in [-0.3, -0.25) is 4.90 Å². The first-order chi connectivity index (χ1) is 10.3. The summed E-state index contributed by atoms with van der Waals surface area (Å²) in [6, 6.07) is 6.78. The van der Waals surface area contributed by atoms with Crippen LogP contribution in [-0.4, -0.2) is 58.3 Å². The van der Waals surface area contributed by atoms with Gasteiger partial charge in [0.15, 0.2) is 0 Å². The van der Waals surface area contributed by atoms with Crippen molar-refractivity contribution in [3.05, 3.63) is 30.7 Å². The molecule has 5 nitrogen and oxygen atoms in total. The summed E-state index contributed by atoms with van der Waals surface area (Å²) in [7, 11) is 0. The molecule has 1 aliphatic carbocycles. The van der Waals surface area contributed by atoms with E-state index in [0.717, 1.165) is 49.9 Å². The van der Waals surface area contributed by atoms with Crippen LogP contribution < -0.4 is 4.90 Å². The molecule has 1 aliphatic heterocycles. The van der Waals surface area contributed by atoms with E-state index in [1.807, 2.05) is 6.20 Å². The number of anilines is 1. The highest BCUT2D eigenvalue weighted by Crippen LogP contribution is 2.28. The standard InChI is InChI=1S/C16H20N4O/c21-16-4-3-15(16)20-7-5-19(6-8-20)13-1-2-14-12(9-13)10-17-11-18-14/h1-2,9-11,15-16,21H,3-8H2. The molecule has 2 fully saturated rings. The number of benzene rings is 1. The predicted molar refractivity (Wildman–Crippen MR) is 82.4 cm³/mol.